The topological polar surface area (TPSA) is 125 Å². The number of carbonyl (C=O) groups excluding carboxylic acids is 3. The summed E-state index contributed by atoms with van der Waals surface area (Å²) in [7, 11) is 0. The number of carboxylic acid groups (broad SMARTS) is 1. The highest BCUT2D eigenvalue weighted by molar-refractivity contribution is 6.31. The predicted molar refractivity (Wildman–Crippen MR) is 142 cm³/mol. The summed E-state index contributed by atoms with van der Waals surface area (Å²) >= 11 is 6.22. The molecule has 38 heavy (non-hydrogen) atoms. The second-order valence-corrected chi connectivity index (χ2v) is 9.23. The van der Waals surface area contributed by atoms with Crippen molar-refractivity contribution in [2.45, 2.75) is 37.8 Å². The summed E-state index contributed by atoms with van der Waals surface area (Å²) in [5.74, 6) is -2.52. The molecular formula is C28H26ClN3O6. The van der Waals surface area contributed by atoms with Crippen LogP contribution in [0.5, 0.6) is 5.75 Å². The van der Waals surface area contributed by atoms with Crippen molar-refractivity contribution in [2.75, 3.05) is 10.7 Å². The summed E-state index contributed by atoms with van der Waals surface area (Å²) in [6.45, 7) is 0. The number of halogens is 1. The van der Waals surface area contributed by atoms with E-state index < -0.39 is 23.8 Å². The van der Waals surface area contributed by atoms with Crippen LogP contribution < -0.4 is 15.5 Å². The number of carbonyl (C=O) groups is 4. The lowest BCUT2D eigenvalue weighted by molar-refractivity contribution is -0.141. The van der Waals surface area contributed by atoms with E-state index in [1.165, 1.54) is 24.3 Å². The van der Waals surface area contributed by atoms with Crippen LogP contribution in [0, 0.1) is 0 Å². The van der Waals surface area contributed by atoms with Crippen LogP contribution >= 0.6 is 11.6 Å². The Morgan fingerprint density at radius 1 is 1.03 bits per heavy atom. The number of ether oxygens (including phenoxy) is 1. The van der Waals surface area contributed by atoms with E-state index in [9.17, 15) is 24.3 Å². The summed E-state index contributed by atoms with van der Waals surface area (Å²) < 4.78 is 6.03. The van der Waals surface area contributed by atoms with Gasteiger partial charge in [0.25, 0.3) is 0 Å². The molecule has 1 saturated carbocycles. The lowest BCUT2D eigenvalue weighted by Gasteiger charge is -2.32. The fourth-order valence-electron chi connectivity index (χ4n) is 3.97. The van der Waals surface area contributed by atoms with Gasteiger partial charge in [0.1, 0.15) is 11.8 Å². The SMILES string of the molecule is O=CC(=O)N(Nc1cc(Cl)ccc1OC1CCC1)C(Cc1ccccc1)C(=O)Nc1ccccc1C(=O)O. The third-order valence-corrected chi connectivity index (χ3v) is 6.40. The van der Waals surface area contributed by atoms with Gasteiger partial charge >= 0.3 is 11.9 Å². The van der Waals surface area contributed by atoms with Crippen LogP contribution in [0.2, 0.25) is 5.02 Å². The number of anilines is 2. The zero-order valence-electron chi connectivity index (χ0n) is 20.3. The molecule has 3 aromatic carbocycles. The second-order valence-electron chi connectivity index (χ2n) is 8.79. The third kappa shape index (κ3) is 6.49. The van der Waals surface area contributed by atoms with Crippen molar-refractivity contribution in [3.63, 3.8) is 0 Å². The number of carboxylic acids is 1. The van der Waals surface area contributed by atoms with Crippen molar-refractivity contribution in [3.8, 4) is 5.75 Å². The fraction of sp³-hybridized carbons (Fsp3) is 0.214. The van der Waals surface area contributed by atoms with Gasteiger partial charge in [-0.2, -0.15) is 0 Å². The summed E-state index contributed by atoms with van der Waals surface area (Å²) in [6.07, 6.45) is 2.97. The Morgan fingerprint density at radius 2 is 1.74 bits per heavy atom. The van der Waals surface area contributed by atoms with Crippen LogP contribution in [-0.2, 0) is 20.8 Å². The van der Waals surface area contributed by atoms with Gasteiger partial charge in [-0.3, -0.25) is 19.8 Å². The molecule has 9 nitrogen and oxygen atoms in total. The largest absolute Gasteiger partial charge is 0.488 e. The number of aldehydes is 1. The molecule has 0 spiro atoms. The Labute approximate surface area is 224 Å². The minimum atomic E-state index is -1.26. The Bertz CT molecular complexity index is 1330. The van der Waals surface area contributed by atoms with Crippen LogP contribution in [0.4, 0.5) is 11.4 Å². The summed E-state index contributed by atoms with van der Waals surface area (Å²) in [4.78, 5) is 49.9. The molecule has 0 saturated heterocycles. The van der Waals surface area contributed by atoms with E-state index in [2.05, 4.69) is 10.7 Å². The van der Waals surface area contributed by atoms with Gasteiger partial charge < -0.3 is 15.2 Å². The second kappa shape index (κ2) is 12.2. The molecule has 0 radical (unpaired) electrons. The molecule has 1 aliphatic rings. The summed E-state index contributed by atoms with van der Waals surface area (Å²) in [5.41, 5.74) is 3.83. The molecule has 1 atom stereocenters. The number of benzene rings is 3. The molecule has 0 aliphatic heterocycles. The molecule has 3 aromatic rings. The van der Waals surface area contributed by atoms with Gasteiger partial charge in [-0.15, -0.1) is 0 Å². The highest BCUT2D eigenvalue weighted by Gasteiger charge is 2.32. The maximum atomic E-state index is 13.6. The van der Waals surface area contributed by atoms with E-state index in [-0.39, 0.29) is 30.1 Å². The smallest absolute Gasteiger partial charge is 0.337 e. The maximum Gasteiger partial charge on any atom is 0.337 e. The Morgan fingerprint density at radius 3 is 2.39 bits per heavy atom. The number of rotatable bonds is 11. The van der Waals surface area contributed by atoms with Crippen molar-refractivity contribution in [2.24, 2.45) is 0 Å². The average Bonchev–Trinajstić information content (AvgIpc) is 2.89. The Balaban J connectivity index is 1.70. The first-order chi connectivity index (χ1) is 18.4. The van der Waals surface area contributed by atoms with Crippen molar-refractivity contribution in [1.82, 2.24) is 5.01 Å². The van der Waals surface area contributed by atoms with Crippen molar-refractivity contribution >= 4 is 47.0 Å². The number of hydrogen-bond donors (Lipinski definition) is 3. The first kappa shape index (κ1) is 26.7. The van der Waals surface area contributed by atoms with Crippen LogP contribution in [0.1, 0.15) is 35.2 Å². The lowest BCUT2D eigenvalue weighted by atomic mass is 9.96. The zero-order valence-corrected chi connectivity index (χ0v) is 21.1. The number of para-hydroxylation sites is 1. The molecule has 3 N–H and O–H groups in total. The van der Waals surface area contributed by atoms with Crippen molar-refractivity contribution < 1.29 is 29.0 Å². The van der Waals surface area contributed by atoms with E-state index in [0.717, 1.165) is 24.3 Å². The molecule has 0 heterocycles. The summed E-state index contributed by atoms with van der Waals surface area (Å²) in [6, 6.07) is 18.4. The van der Waals surface area contributed by atoms with Crippen molar-refractivity contribution in [3.05, 3.63) is 88.9 Å². The van der Waals surface area contributed by atoms with Crippen molar-refractivity contribution in [1.29, 1.82) is 0 Å². The van der Waals surface area contributed by atoms with E-state index in [0.29, 0.717) is 22.0 Å². The molecule has 196 valence electrons. The number of aromatic carboxylic acids is 1. The Kier molecular flexibility index (Phi) is 8.60. The Hall–Kier alpha value is -4.37. The van der Waals surface area contributed by atoms with Gasteiger partial charge in [0.05, 0.1) is 23.0 Å². The number of hydrogen-bond acceptors (Lipinski definition) is 6. The molecule has 4 rings (SSSR count). The molecule has 0 aromatic heterocycles. The molecular weight excluding hydrogens is 510 g/mol. The molecule has 1 unspecified atom stereocenters. The van der Waals surface area contributed by atoms with Crippen LogP contribution in [0.25, 0.3) is 0 Å². The normalized spacial score (nSPS) is 13.5. The first-order valence-electron chi connectivity index (χ1n) is 12.0. The number of nitrogens with one attached hydrogen (secondary N) is 2. The van der Waals surface area contributed by atoms with Gasteiger partial charge in [-0.05, 0) is 55.2 Å². The molecule has 1 fully saturated rings. The van der Waals surface area contributed by atoms with E-state index in [1.54, 1.807) is 42.5 Å². The first-order valence-corrected chi connectivity index (χ1v) is 12.4. The molecule has 0 bridgehead atoms. The third-order valence-electron chi connectivity index (χ3n) is 6.17. The van der Waals surface area contributed by atoms with E-state index >= 15 is 0 Å². The van der Waals surface area contributed by atoms with Crippen LogP contribution in [-0.4, -0.2) is 46.3 Å². The monoisotopic (exact) mass is 535 g/mol. The quantitative estimate of drug-likeness (QED) is 0.186. The summed E-state index contributed by atoms with van der Waals surface area (Å²) in [5, 5.41) is 13.4. The standard InChI is InChI=1S/C28H26ClN3O6/c29-19-13-14-25(38-20-9-6-10-20)23(16-19)31-32(26(34)17-33)24(15-18-7-2-1-3-8-18)27(35)30-22-12-5-4-11-21(22)28(36)37/h1-5,7-8,11-14,16-17,20,24,31H,6,9-10,15H2,(H,30,35)(H,36,37). The van der Waals surface area contributed by atoms with Gasteiger partial charge in [0.2, 0.25) is 12.2 Å². The lowest BCUT2D eigenvalue weighted by Crippen LogP contribution is -2.52. The molecule has 2 amide bonds. The fourth-order valence-corrected chi connectivity index (χ4v) is 4.14. The van der Waals surface area contributed by atoms with E-state index in [1.807, 2.05) is 6.07 Å². The van der Waals surface area contributed by atoms with Gasteiger partial charge in [0.15, 0.2) is 0 Å². The highest BCUT2D eigenvalue weighted by Crippen LogP contribution is 2.33. The highest BCUT2D eigenvalue weighted by atomic mass is 35.5. The predicted octanol–water partition coefficient (Wildman–Crippen LogP) is 4.57. The van der Waals surface area contributed by atoms with Crippen LogP contribution in [0.3, 0.4) is 0 Å². The molecule has 1 aliphatic carbocycles. The number of nitrogens with zero attached hydrogens (tertiary/aromatic N) is 1. The van der Waals surface area contributed by atoms with Gasteiger partial charge in [-0.1, -0.05) is 54.1 Å². The number of hydrazine groups is 1. The van der Waals surface area contributed by atoms with E-state index in [4.69, 9.17) is 16.3 Å². The minimum Gasteiger partial charge on any atom is -0.488 e. The van der Waals surface area contributed by atoms with Crippen LogP contribution in [0.15, 0.2) is 72.8 Å². The molecule has 10 heteroatoms. The zero-order chi connectivity index (χ0) is 27.1. The minimum absolute atomic E-state index is 0.0166. The van der Waals surface area contributed by atoms with Gasteiger partial charge in [-0.25, -0.2) is 9.80 Å². The average molecular weight is 536 g/mol. The number of amides is 2. The van der Waals surface area contributed by atoms with Gasteiger partial charge in [0, 0.05) is 11.4 Å². The maximum absolute atomic E-state index is 13.6.